The summed E-state index contributed by atoms with van der Waals surface area (Å²) in [4.78, 5) is 6.69. The van der Waals surface area contributed by atoms with Crippen molar-refractivity contribution in [3.8, 4) is 11.4 Å². The smallest absolute Gasteiger partial charge is 0.189 e. The Morgan fingerprint density at radius 1 is 1.08 bits per heavy atom. The number of nitrogens with one attached hydrogen (secondary N) is 2. The van der Waals surface area contributed by atoms with Crippen LogP contribution in [0.15, 0.2) is 24.3 Å². The van der Waals surface area contributed by atoms with E-state index in [1.165, 1.54) is 0 Å². The van der Waals surface area contributed by atoms with Gasteiger partial charge in [-0.1, -0.05) is 20.8 Å². The Kier molecular flexibility index (Phi) is 6.91. The van der Waals surface area contributed by atoms with E-state index in [1.807, 2.05) is 24.3 Å². The van der Waals surface area contributed by atoms with E-state index in [-0.39, 0.29) is 0 Å². The van der Waals surface area contributed by atoms with Crippen molar-refractivity contribution in [3.05, 3.63) is 24.3 Å². The van der Waals surface area contributed by atoms with E-state index < -0.39 is 0 Å². The van der Waals surface area contributed by atoms with E-state index in [0.29, 0.717) is 17.5 Å². The van der Waals surface area contributed by atoms with E-state index in [2.05, 4.69) is 51.6 Å². The fourth-order valence-electron chi connectivity index (χ4n) is 2.27. The van der Waals surface area contributed by atoms with Crippen molar-refractivity contribution in [2.75, 3.05) is 42.2 Å². The summed E-state index contributed by atoms with van der Waals surface area (Å²) < 4.78 is 0. The number of hydrazine groups is 1. The predicted octanol–water partition coefficient (Wildman–Crippen LogP) is 1.48. The molecule has 1 aromatic carbocycles. The number of nitrogens with zero attached hydrogens (tertiary/aromatic N) is 4. The standard InChI is InChI=1S/C13H18N8.C4H10/c14-11-13(21-7-5-16-6-8-21)17-12(20-19-11)9-1-3-10(18-15)4-2-9;1-4(2)3/h1-4,16,18H,5-8,15H2,(H2,14,19);4H,1-3H3. The summed E-state index contributed by atoms with van der Waals surface area (Å²) in [5.74, 6) is 7.81. The molecule has 0 aliphatic carbocycles. The first-order valence-corrected chi connectivity index (χ1v) is 8.54. The number of rotatable bonds is 3. The molecule has 8 heteroatoms. The van der Waals surface area contributed by atoms with Crippen LogP contribution in [0, 0.1) is 5.92 Å². The highest BCUT2D eigenvalue weighted by Crippen LogP contribution is 2.23. The second-order valence-corrected chi connectivity index (χ2v) is 6.54. The maximum absolute atomic E-state index is 5.92. The van der Waals surface area contributed by atoms with Gasteiger partial charge in [0.25, 0.3) is 0 Å². The number of benzene rings is 1. The molecule has 1 aromatic heterocycles. The lowest BCUT2D eigenvalue weighted by Gasteiger charge is -2.28. The lowest BCUT2D eigenvalue weighted by Crippen LogP contribution is -2.44. The second kappa shape index (κ2) is 9.14. The van der Waals surface area contributed by atoms with Gasteiger partial charge in [-0.15, -0.1) is 10.2 Å². The molecule has 1 saturated heterocycles. The molecule has 6 N–H and O–H groups in total. The third-order valence-corrected chi connectivity index (χ3v) is 3.42. The van der Waals surface area contributed by atoms with Gasteiger partial charge in [0.05, 0.1) is 0 Å². The van der Waals surface area contributed by atoms with Crippen LogP contribution in [-0.2, 0) is 0 Å². The number of nitrogens with two attached hydrogens (primary N) is 2. The Morgan fingerprint density at radius 2 is 1.68 bits per heavy atom. The molecule has 0 amide bonds. The molecular weight excluding hydrogens is 316 g/mol. The molecule has 1 aliphatic rings. The largest absolute Gasteiger partial charge is 0.379 e. The van der Waals surface area contributed by atoms with Crippen molar-refractivity contribution in [3.63, 3.8) is 0 Å². The molecule has 0 radical (unpaired) electrons. The van der Waals surface area contributed by atoms with Crippen molar-refractivity contribution in [1.29, 1.82) is 0 Å². The predicted molar refractivity (Wildman–Crippen MR) is 103 cm³/mol. The SMILES string of the molecule is CC(C)C.NNc1ccc(-c2nnc(N)c(N3CCNCC3)n2)cc1. The van der Waals surface area contributed by atoms with Crippen LogP contribution in [0.5, 0.6) is 0 Å². The van der Waals surface area contributed by atoms with Gasteiger partial charge in [-0.25, -0.2) is 4.98 Å². The minimum absolute atomic E-state index is 0.362. The molecular formula is C17H28N8. The number of hydrogen-bond acceptors (Lipinski definition) is 8. The molecule has 0 atom stereocenters. The number of aromatic nitrogens is 3. The van der Waals surface area contributed by atoms with Crippen molar-refractivity contribution < 1.29 is 0 Å². The van der Waals surface area contributed by atoms with Gasteiger partial charge in [0.15, 0.2) is 17.5 Å². The molecule has 25 heavy (non-hydrogen) atoms. The Labute approximate surface area is 149 Å². The first-order chi connectivity index (χ1) is 12.0. The number of piperazine rings is 1. The molecule has 0 saturated carbocycles. The molecule has 8 nitrogen and oxygen atoms in total. The fourth-order valence-corrected chi connectivity index (χ4v) is 2.27. The van der Waals surface area contributed by atoms with Gasteiger partial charge in [0, 0.05) is 37.4 Å². The summed E-state index contributed by atoms with van der Waals surface area (Å²) >= 11 is 0. The lowest BCUT2D eigenvalue weighted by molar-refractivity contribution is 0.584. The minimum atomic E-state index is 0.362. The molecule has 3 rings (SSSR count). The third-order valence-electron chi connectivity index (χ3n) is 3.42. The van der Waals surface area contributed by atoms with Gasteiger partial charge in [0.1, 0.15) is 0 Å². The van der Waals surface area contributed by atoms with Gasteiger partial charge >= 0.3 is 0 Å². The molecule has 0 bridgehead atoms. The highest BCUT2D eigenvalue weighted by atomic mass is 15.3. The van der Waals surface area contributed by atoms with Gasteiger partial charge in [-0.2, -0.15) is 0 Å². The van der Waals surface area contributed by atoms with Crippen LogP contribution in [0.1, 0.15) is 20.8 Å². The first kappa shape index (κ1) is 18.9. The minimum Gasteiger partial charge on any atom is -0.379 e. The van der Waals surface area contributed by atoms with E-state index in [4.69, 9.17) is 11.6 Å². The molecule has 1 fully saturated rings. The third kappa shape index (κ3) is 5.54. The maximum atomic E-state index is 5.92. The zero-order valence-electron chi connectivity index (χ0n) is 15.2. The van der Waals surface area contributed by atoms with Crippen LogP contribution < -0.4 is 27.2 Å². The lowest BCUT2D eigenvalue weighted by atomic mass is 10.2. The van der Waals surface area contributed by atoms with Gasteiger partial charge in [-0.05, 0) is 30.2 Å². The van der Waals surface area contributed by atoms with E-state index in [9.17, 15) is 0 Å². The molecule has 2 aromatic rings. The van der Waals surface area contributed by atoms with Crippen molar-refractivity contribution in [2.45, 2.75) is 20.8 Å². The Balaban J connectivity index is 0.000000511. The maximum Gasteiger partial charge on any atom is 0.189 e. The van der Waals surface area contributed by atoms with Crippen molar-refractivity contribution in [1.82, 2.24) is 20.5 Å². The zero-order chi connectivity index (χ0) is 18.2. The summed E-state index contributed by atoms with van der Waals surface area (Å²) in [6.07, 6.45) is 0. The molecule has 0 spiro atoms. The van der Waals surface area contributed by atoms with Crippen LogP contribution >= 0.6 is 0 Å². The van der Waals surface area contributed by atoms with Crippen molar-refractivity contribution in [2.24, 2.45) is 11.8 Å². The highest BCUT2D eigenvalue weighted by molar-refractivity contribution is 5.64. The van der Waals surface area contributed by atoms with Gasteiger partial charge < -0.3 is 21.4 Å². The molecule has 136 valence electrons. The summed E-state index contributed by atoms with van der Waals surface area (Å²) in [6, 6.07) is 7.51. The van der Waals surface area contributed by atoms with E-state index in [1.54, 1.807) is 0 Å². The Bertz CT molecular complexity index is 647. The highest BCUT2D eigenvalue weighted by Gasteiger charge is 2.17. The number of anilines is 3. The van der Waals surface area contributed by atoms with Gasteiger partial charge in [0.2, 0.25) is 0 Å². The molecule has 0 unspecified atom stereocenters. The van der Waals surface area contributed by atoms with Gasteiger partial charge in [-0.3, -0.25) is 5.84 Å². The molecule has 2 heterocycles. The normalized spacial score (nSPS) is 14.0. The van der Waals surface area contributed by atoms with E-state index >= 15 is 0 Å². The van der Waals surface area contributed by atoms with E-state index in [0.717, 1.165) is 43.3 Å². The summed E-state index contributed by atoms with van der Waals surface area (Å²) in [6.45, 7) is 10.0. The zero-order valence-corrected chi connectivity index (χ0v) is 15.2. The molecule has 1 aliphatic heterocycles. The van der Waals surface area contributed by atoms with Crippen molar-refractivity contribution >= 4 is 17.3 Å². The Morgan fingerprint density at radius 3 is 2.24 bits per heavy atom. The number of hydrogen-bond donors (Lipinski definition) is 4. The number of nitrogen functional groups attached to an aromatic ring is 2. The summed E-state index contributed by atoms with van der Waals surface area (Å²) in [5.41, 5.74) is 10.2. The topological polar surface area (TPSA) is 118 Å². The quantitative estimate of drug-likeness (QED) is 0.488. The van der Waals surface area contributed by atoms with Crippen LogP contribution in [0.3, 0.4) is 0 Å². The average Bonchev–Trinajstić information content (AvgIpc) is 2.62. The average molecular weight is 344 g/mol. The Hall–Kier alpha value is -2.45. The van der Waals surface area contributed by atoms with Crippen LogP contribution in [0.4, 0.5) is 17.3 Å². The summed E-state index contributed by atoms with van der Waals surface area (Å²) in [5, 5.41) is 11.4. The second-order valence-electron chi connectivity index (χ2n) is 6.54. The van der Waals surface area contributed by atoms with Crippen LogP contribution in [0.25, 0.3) is 11.4 Å². The fraction of sp³-hybridized carbons (Fsp3) is 0.471. The monoisotopic (exact) mass is 344 g/mol. The van der Waals surface area contributed by atoms with Crippen LogP contribution in [0.2, 0.25) is 0 Å². The van der Waals surface area contributed by atoms with Crippen LogP contribution in [-0.4, -0.2) is 41.4 Å². The first-order valence-electron chi connectivity index (χ1n) is 8.54. The summed E-state index contributed by atoms with van der Waals surface area (Å²) in [7, 11) is 0.